The second-order valence-electron chi connectivity index (χ2n) is 10.6. The fraction of sp³-hybridized carbons (Fsp3) is 0.571. The Bertz CT molecular complexity index is 779. The molecule has 0 aliphatic rings. The molecule has 0 nitrogen and oxygen atoms in total. The van der Waals surface area contributed by atoms with Crippen LogP contribution in [0.3, 0.4) is 0 Å². The Balaban J connectivity index is 2.37. The number of rotatable bonds is 7. The summed E-state index contributed by atoms with van der Waals surface area (Å²) in [5.41, 5.74) is 12.5. The zero-order valence-electron chi connectivity index (χ0n) is 20.7. The predicted molar refractivity (Wildman–Crippen MR) is 134 cm³/mol. The lowest BCUT2D eigenvalue weighted by molar-refractivity contribution is 0.322. The topological polar surface area (TPSA) is 0 Å². The summed E-state index contributed by atoms with van der Waals surface area (Å²) in [6.45, 7) is 23.4. The molecule has 2 aromatic carbocycles. The van der Waals surface area contributed by atoms with Crippen LogP contribution in [0.4, 0.5) is 0 Å². The Morgan fingerprint density at radius 3 is 1.45 bits per heavy atom. The first-order valence-electron chi connectivity index (χ1n) is 11.2. The van der Waals surface area contributed by atoms with Crippen LogP contribution in [0.5, 0.6) is 0 Å². The molecule has 0 saturated carbocycles. The smallest absolute Gasteiger partial charge is 0.00647 e. The Hall–Kier alpha value is -1.13. The van der Waals surface area contributed by atoms with Gasteiger partial charge in [0.15, 0.2) is 0 Å². The molecule has 1 atom stereocenters. The minimum atomic E-state index is -0.0952. The molecule has 0 fully saturated rings. The number of hydrogen-bond acceptors (Lipinski definition) is 0. The highest BCUT2D eigenvalue weighted by molar-refractivity contribution is 7.56. The molecule has 0 heterocycles. The molecule has 0 bridgehead atoms. The highest BCUT2D eigenvalue weighted by atomic mass is 31.1. The van der Waals surface area contributed by atoms with E-state index in [2.05, 4.69) is 93.5 Å². The summed E-state index contributed by atoms with van der Waals surface area (Å²) in [7, 11) is -0.0952. The van der Waals surface area contributed by atoms with Crippen molar-refractivity contribution < 1.29 is 0 Å². The SMILES string of the molecule is Cc1ccc(C)c(CP(Cc2c(C)ccc(C)c2C)CC(C)CC(C)(C)C)c1C. The van der Waals surface area contributed by atoms with Crippen molar-refractivity contribution in [1.29, 1.82) is 0 Å². The van der Waals surface area contributed by atoms with E-state index in [1.54, 1.807) is 11.1 Å². The normalized spacial score (nSPS) is 13.2. The maximum atomic E-state index is 2.48. The van der Waals surface area contributed by atoms with Gasteiger partial charge in [0.2, 0.25) is 0 Å². The first-order valence-corrected chi connectivity index (χ1v) is 13.1. The van der Waals surface area contributed by atoms with Crippen LogP contribution >= 0.6 is 7.92 Å². The van der Waals surface area contributed by atoms with Crippen molar-refractivity contribution in [1.82, 2.24) is 0 Å². The van der Waals surface area contributed by atoms with Crippen molar-refractivity contribution in [2.75, 3.05) is 6.16 Å². The van der Waals surface area contributed by atoms with Gasteiger partial charge >= 0.3 is 0 Å². The predicted octanol–water partition coefficient (Wildman–Crippen LogP) is 8.79. The zero-order chi connectivity index (χ0) is 21.9. The number of aryl methyl sites for hydroxylation is 4. The quantitative estimate of drug-likeness (QED) is 0.400. The van der Waals surface area contributed by atoms with Gasteiger partial charge in [0.25, 0.3) is 0 Å². The van der Waals surface area contributed by atoms with E-state index in [1.165, 1.54) is 58.3 Å². The largest absolute Gasteiger partial charge is 0.0974 e. The van der Waals surface area contributed by atoms with Crippen molar-refractivity contribution in [3.63, 3.8) is 0 Å². The van der Waals surface area contributed by atoms with Gasteiger partial charge in [0.1, 0.15) is 0 Å². The molecule has 0 saturated heterocycles. The molecular formula is C28H43P. The van der Waals surface area contributed by atoms with Crippen molar-refractivity contribution in [2.24, 2.45) is 11.3 Å². The average Bonchev–Trinajstić information content (AvgIpc) is 2.60. The molecular weight excluding hydrogens is 367 g/mol. The van der Waals surface area contributed by atoms with E-state index in [9.17, 15) is 0 Å². The minimum Gasteiger partial charge on any atom is -0.0974 e. The first-order chi connectivity index (χ1) is 13.4. The molecule has 0 aromatic heterocycles. The van der Waals surface area contributed by atoms with E-state index < -0.39 is 0 Å². The second-order valence-corrected chi connectivity index (χ2v) is 13.0. The minimum absolute atomic E-state index is 0.0952. The van der Waals surface area contributed by atoms with Crippen LogP contribution in [0.2, 0.25) is 0 Å². The van der Waals surface area contributed by atoms with Crippen LogP contribution in [-0.2, 0) is 12.3 Å². The van der Waals surface area contributed by atoms with Crippen LogP contribution < -0.4 is 0 Å². The summed E-state index contributed by atoms with van der Waals surface area (Å²) < 4.78 is 0. The van der Waals surface area contributed by atoms with Crippen molar-refractivity contribution in [2.45, 2.75) is 88.0 Å². The zero-order valence-corrected chi connectivity index (χ0v) is 21.6. The van der Waals surface area contributed by atoms with Gasteiger partial charge in [0, 0.05) is 0 Å². The van der Waals surface area contributed by atoms with Crippen molar-refractivity contribution >= 4 is 7.92 Å². The highest BCUT2D eigenvalue weighted by Gasteiger charge is 2.22. The fourth-order valence-electron chi connectivity index (χ4n) is 4.69. The molecule has 160 valence electrons. The van der Waals surface area contributed by atoms with Gasteiger partial charge in [-0.2, -0.15) is 0 Å². The monoisotopic (exact) mass is 410 g/mol. The van der Waals surface area contributed by atoms with Crippen molar-refractivity contribution in [3.8, 4) is 0 Å². The molecule has 2 rings (SSSR count). The van der Waals surface area contributed by atoms with Gasteiger partial charge in [-0.1, -0.05) is 59.9 Å². The van der Waals surface area contributed by atoms with Gasteiger partial charge < -0.3 is 0 Å². The van der Waals surface area contributed by atoms with Crippen LogP contribution in [-0.4, -0.2) is 6.16 Å². The van der Waals surface area contributed by atoms with Crippen LogP contribution in [0.1, 0.15) is 78.6 Å². The van der Waals surface area contributed by atoms with E-state index >= 15 is 0 Å². The van der Waals surface area contributed by atoms with Gasteiger partial charge in [-0.25, -0.2) is 0 Å². The molecule has 2 aromatic rings. The third-order valence-electron chi connectivity index (χ3n) is 6.50. The van der Waals surface area contributed by atoms with Crippen LogP contribution in [0.15, 0.2) is 24.3 Å². The molecule has 0 aliphatic carbocycles. The van der Waals surface area contributed by atoms with E-state index in [-0.39, 0.29) is 7.92 Å². The lowest BCUT2D eigenvalue weighted by atomic mass is 9.86. The maximum Gasteiger partial charge on any atom is -0.00647 e. The standard InChI is InChI=1S/C28H43P/c1-19(15-28(8,9)10)16-29(17-26-22(4)13-11-20(2)24(26)6)18-27-23(5)14-12-21(3)25(27)7/h11-14,19H,15-18H2,1-10H3. The van der Waals surface area contributed by atoms with Gasteiger partial charge in [-0.15, -0.1) is 0 Å². The summed E-state index contributed by atoms with van der Waals surface area (Å²) >= 11 is 0. The summed E-state index contributed by atoms with van der Waals surface area (Å²) in [6, 6.07) is 9.22. The molecule has 0 N–H and O–H groups in total. The highest BCUT2D eigenvalue weighted by Crippen LogP contribution is 2.48. The molecule has 29 heavy (non-hydrogen) atoms. The molecule has 1 heteroatoms. The van der Waals surface area contributed by atoms with Crippen LogP contribution in [0, 0.1) is 52.9 Å². The number of hydrogen-bond donors (Lipinski definition) is 0. The molecule has 1 unspecified atom stereocenters. The summed E-state index contributed by atoms with van der Waals surface area (Å²) in [5, 5.41) is 0. The summed E-state index contributed by atoms with van der Waals surface area (Å²) in [5.74, 6) is 0.775. The van der Waals surface area contributed by atoms with Gasteiger partial charge in [-0.05, 0) is 122 Å². The average molecular weight is 411 g/mol. The van der Waals surface area contributed by atoms with E-state index in [0.717, 1.165) is 5.92 Å². The van der Waals surface area contributed by atoms with E-state index in [1.807, 2.05) is 0 Å². The summed E-state index contributed by atoms with van der Waals surface area (Å²) in [4.78, 5) is 0. The third kappa shape index (κ3) is 6.68. The fourth-order valence-corrected chi connectivity index (χ4v) is 7.94. The third-order valence-corrected chi connectivity index (χ3v) is 9.17. The Morgan fingerprint density at radius 1 is 0.690 bits per heavy atom. The summed E-state index contributed by atoms with van der Waals surface area (Å²) in [6.07, 6.45) is 5.20. The molecule has 0 amide bonds. The maximum absolute atomic E-state index is 2.48. The van der Waals surface area contributed by atoms with E-state index in [4.69, 9.17) is 0 Å². The Morgan fingerprint density at radius 2 is 1.07 bits per heavy atom. The van der Waals surface area contributed by atoms with Crippen molar-refractivity contribution in [3.05, 3.63) is 68.8 Å². The number of benzene rings is 2. The Kier molecular flexibility index (Phi) is 8.15. The van der Waals surface area contributed by atoms with Gasteiger partial charge in [-0.3, -0.25) is 0 Å². The lowest BCUT2D eigenvalue weighted by Gasteiger charge is -2.29. The second kappa shape index (κ2) is 9.78. The lowest BCUT2D eigenvalue weighted by Crippen LogP contribution is -2.14. The Labute approximate surface area is 182 Å². The molecule has 0 spiro atoms. The molecule has 0 radical (unpaired) electrons. The van der Waals surface area contributed by atoms with Crippen LogP contribution in [0.25, 0.3) is 0 Å². The first kappa shape index (κ1) is 24.1. The van der Waals surface area contributed by atoms with Gasteiger partial charge in [0.05, 0.1) is 0 Å². The molecule has 0 aliphatic heterocycles. The van der Waals surface area contributed by atoms with E-state index in [0.29, 0.717) is 5.41 Å².